The van der Waals surface area contributed by atoms with Crippen LogP contribution in [0, 0.1) is 23.7 Å². The number of nitrogens with zero attached hydrogens (tertiary/aromatic N) is 14. The number of alkyl carbamates (subject to hydrolysis) is 1. The lowest BCUT2D eigenvalue weighted by Crippen LogP contribution is -2.58. The minimum absolute atomic E-state index is 0.0122. The number of cyclic esters (lactones) is 1. The van der Waals surface area contributed by atoms with Crippen LogP contribution in [0.3, 0.4) is 0 Å². The van der Waals surface area contributed by atoms with E-state index in [-0.39, 0.29) is 126 Å². The lowest BCUT2D eigenvalue weighted by atomic mass is 9.80. The van der Waals surface area contributed by atoms with Crippen LogP contribution in [0.5, 0.6) is 0 Å². The number of rotatable bonds is 28. The first kappa shape index (κ1) is 99.0. The zero-order valence-corrected chi connectivity index (χ0v) is 75.7. The molecule has 131 heavy (non-hydrogen) atoms. The maximum atomic E-state index is 14.6. The van der Waals surface area contributed by atoms with Gasteiger partial charge in [-0.15, -0.1) is 0 Å². The number of allylic oxidation sites excluding steroid dienone is 6. The van der Waals surface area contributed by atoms with Crippen molar-refractivity contribution < 1.29 is 92.0 Å². The molecule has 12 rings (SSSR count). The second kappa shape index (κ2) is 47.9. The number of amides is 5. The molecule has 1 saturated carbocycles. The Labute approximate surface area is 761 Å². The smallest absolute Gasteiger partial charge is 0.407 e. The first-order chi connectivity index (χ1) is 63.1. The molecule has 6 aliphatic rings. The summed E-state index contributed by atoms with van der Waals surface area (Å²) in [5, 5.41) is 60.7. The molecule has 0 radical (unpaired) electrons. The van der Waals surface area contributed by atoms with Gasteiger partial charge in [-0.05, 0) is 126 Å². The summed E-state index contributed by atoms with van der Waals surface area (Å²) in [6.45, 7) is 16.4. The summed E-state index contributed by atoms with van der Waals surface area (Å²) in [5.74, 6) is -7.99. The number of nitrogens with two attached hydrogens (primary N) is 2. The minimum atomic E-state index is -2.49. The van der Waals surface area contributed by atoms with E-state index in [2.05, 4.69) is 65.6 Å². The third-order valence-corrected chi connectivity index (χ3v) is 25.4. The number of ketones is 3. The first-order valence-electron chi connectivity index (χ1n) is 45.8. The lowest BCUT2D eigenvalue weighted by molar-refractivity contribution is -0.245. The summed E-state index contributed by atoms with van der Waals surface area (Å²) in [7, 11) is 1.54. The Morgan fingerprint density at radius 2 is 1.47 bits per heavy atom. The van der Waals surface area contributed by atoms with E-state index in [1.54, 1.807) is 37.3 Å². The van der Waals surface area contributed by atoms with Gasteiger partial charge in [0.2, 0.25) is 29.5 Å². The van der Waals surface area contributed by atoms with Gasteiger partial charge in [0.1, 0.15) is 59.7 Å². The number of H-pyrrole nitrogens is 1. The summed E-state index contributed by atoms with van der Waals surface area (Å²) in [6.07, 6.45) is 17.7. The number of fused-ring (bicyclic) bond motifs is 5. The van der Waals surface area contributed by atoms with Crippen molar-refractivity contribution in [1.82, 2.24) is 80.3 Å². The number of aliphatic hydroxyl groups is 4. The molecule has 2 bridgehead atoms. The number of aryl methyl sites for hydroxylation is 1. The van der Waals surface area contributed by atoms with Crippen molar-refractivity contribution in [2.45, 2.75) is 217 Å². The number of pyridine rings is 1. The molecule has 12 N–H and O–H groups in total. The topological polar surface area (TPSA) is 518 Å². The van der Waals surface area contributed by atoms with E-state index < -0.39 is 114 Å². The quantitative estimate of drug-likeness (QED) is 0.0138. The fourth-order valence-electron chi connectivity index (χ4n) is 17.6. The van der Waals surface area contributed by atoms with Gasteiger partial charge in [0.05, 0.1) is 62.1 Å². The van der Waals surface area contributed by atoms with Crippen molar-refractivity contribution in [3.05, 3.63) is 114 Å². The van der Waals surface area contributed by atoms with Crippen molar-refractivity contribution in [3.8, 4) is 11.3 Å². The van der Waals surface area contributed by atoms with Crippen molar-refractivity contribution in [1.29, 1.82) is 0 Å². The largest absolute Gasteiger partial charge is 0.459 e. The molecule has 6 aromatic heterocycles. The highest BCUT2D eigenvalue weighted by atomic mass is 16.6. The molecule has 710 valence electrons. The average Bonchev–Trinajstić information content (AvgIpc) is 1.64. The van der Waals surface area contributed by atoms with Crippen LogP contribution in [0.4, 0.5) is 22.5 Å². The number of Topliss-reactive ketones (excluding diaryl/α,β-unsaturated/α-hetero) is 3. The lowest BCUT2D eigenvalue weighted by Gasteiger charge is -2.40. The highest BCUT2D eigenvalue weighted by molar-refractivity contribution is 6.39. The molecule has 39 heteroatoms. The van der Waals surface area contributed by atoms with E-state index in [4.69, 9.17) is 45.0 Å². The number of nitrogen functional groups attached to an aromatic ring is 1. The third kappa shape index (κ3) is 27.4. The number of piperazine rings is 2. The molecule has 0 unspecified atom stereocenters. The van der Waals surface area contributed by atoms with Crippen LogP contribution in [0.2, 0.25) is 0 Å². The van der Waals surface area contributed by atoms with Crippen LogP contribution in [0.15, 0.2) is 103 Å². The van der Waals surface area contributed by atoms with Crippen LogP contribution in [-0.4, -0.2) is 310 Å². The summed E-state index contributed by atoms with van der Waals surface area (Å²) >= 11 is 0. The van der Waals surface area contributed by atoms with E-state index in [1.165, 1.54) is 38.8 Å². The van der Waals surface area contributed by atoms with E-state index in [9.17, 15) is 63.6 Å². The number of unbranched alkanes of at least 4 members (excludes halogenated alkanes) is 1. The minimum Gasteiger partial charge on any atom is -0.459 e. The van der Waals surface area contributed by atoms with E-state index >= 15 is 0 Å². The third-order valence-electron chi connectivity index (χ3n) is 25.4. The summed E-state index contributed by atoms with van der Waals surface area (Å²) < 4.78 is 37.2. The molecule has 39 nitrogen and oxygen atoms in total. The Morgan fingerprint density at radius 1 is 0.733 bits per heavy atom. The molecule has 6 aromatic rings. The predicted octanol–water partition coefficient (Wildman–Crippen LogP) is 4.71. The number of carbonyl (C=O) groups is 9. The van der Waals surface area contributed by atoms with Crippen LogP contribution in [0.1, 0.15) is 160 Å². The number of anilines is 3. The van der Waals surface area contributed by atoms with Crippen LogP contribution in [-0.2, 0) is 75.1 Å². The average molecular weight is 1820 g/mol. The van der Waals surface area contributed by atoms with Gasteiger partial charge in [0, 0.05) is 196 Å². The SMILES string of the molecule is CO[C@H]1C[C@@H]2CCC[C@@](O)(O2)C(=O)C(=O)N2CCCC[C@H]2C(=O)O[C@H]([C@H](N)C[C@@H]2CC[C@@H](OC(=O)NCc3cnc(N4CCN(C(=O)CCOCCN5CCN(c6ncc(C(=O)NCCOCCC(=O)NCCCCn7nc(-c8cnc9[nH]ccc9c8)c8c(N)ncnc87)cn6)CC5)CC4)nc3)[C@H](O)C2)CC(=O)[C@H](C)/C=C(\C)[C@@H](O)[C@@H](O)C(=O)[C@H](C)C[C@H](C)/C=C/C=C/C=C/1C. The molecule has 5 amide bonds. The van der Waals surface area contributed by atoms with Crippen molar-refractivity contribution in [2.24, 2.45) is 29.4 Å². The Balaban J connectivity index is 0.515. The Bertz CT molecular complexity index is 4990. The maximum Gasteiger partial charge on any atom is 0.407 e. The number of aliphatic hydroxyl groups excluding tert-OH is 3. The van der Waals surface area contributed by atoms with Crippen molar-refractivity contribution in [2.75, 3.05) is 128 Å². The maximum absolute atomic E-state index is 14.6. The van der Waals surface area contributed by atoms with Crippen molar-refractivity contribution >= 4 is 92.8 Å². The van der Waals surface area contributed by atoms with Gasteiger partial charge >= 0.3 is 12.1 Å². The molecular formula is C92H128N20O19. The number of hydrogen-bond donors (Lipinski definition) is 10. The standard InChI is InChI=1S/C92H128N20O19/c1-57-15-8-7-9-16-58(2)73(126-6)48-67-17-14-24-92(125,131-67)82(120)87(122)111-28-12-10-18-69(111)88(123)129-74(49-70(113)59(3)44-61(5)80(118)81(119)79(117)60(4)43-57)68(93)45-62-19-20-72(71(114)46-62)130-91(124)103-52-63-50-99-89(100-51-63)110-36-34-108(35-37-110)76(116)23-40-128-42-38-107-30-32-109(33-31-107)90-101-54-66(55-102-90)86(121)97-27-41-127-39-22-75(115)95-25-11-13-29-112-85-77(83(94)104-56-105-85)78(106-112)65-47-64-21-26-96-84(64)98-53-65/h7-9,15-16,21,26,44,47,50-51,53-57,59-60,62,67-69,71-74,80-81,114,118-119,125H,10-14,17-20,22-25,27-43,45-46,48-49,52,93H2,1-6H3,(H,95,115)(H,96,98)(H,97,121)(H,103,124)(H2,94,104,105)/b9-7+,15-8+,58-16+,61-44+/t57-,59-,60-,62+,67+,68-,69+,71-,72-,73+,74+,80-,81+,92-/m1/s1. The number of carbonyl (C=O) groups excluding carboxylic acids is 9. The zero-order valence-electron chi connectivity index (χ0n) is 75.7. The number of piperidine rings is 1. The van der Waals surface area contributed by atoms with E-state index in [0.29, 0.717) is 156 Å². The number of aromatic nitrogens is 10. The number of ether oxygens (including phenoxy) is 6. The number of aromatic amines is 1. The fourth-order valence-corrected chi connectivity index (χ4v) is 17.6. The Morgan fingerprint density at radius 3 is 2.21 bits per heavy atom. The van der Waals surface area contributed by atoms with Crippen molar-refractivity contribution in [3.63, 3.8) is 0 Å². The summed E-state index contributed by atoms with van der Waals surface area (Å²) in [5.41, 5.74) is 18.0. The van der Waals surface area contributed by atoms with Gasteiger partial charge in [0.25, 0.3) is 17.6 Å². The molecule has 0 aromatic carbocycles. The molecule has 5 aliphatic heterocycles. The van der Waals surface area contributed by atoms with Crippen LogP contribution in [0.25, 0.3) is 33.3 Å². The number of nitrogens with one attached hydrogen (secondary N) is 4. The van der Waals surface area contributed by atoms with Gasteiger partial charge in [-0.2, -0.15) is 5.10 Å². The number of hydrogen-bond acceptors (Lipinski definition) is 32. The van der Waals surface area contributed by atoms with Gasteiger partial charge in [0.15, 0.2) is 11.4 Å². The normalized spacial score (nSPS) is 26.9. The first-order valence-corrected chi connectivity index (χ1v) is 45.8. The Hall–Kier alpha value is -11.0. The molecule has 11 heterocycles. The highest BCUT2D eigenvalue weighted by Crippen LogP contribution is 2.37. The van der Waals surface area contributed by atoms with E-state index in [1.807, 2.05) is 72.1 Å². The molecule has 14 atom stereocenters. The van der Waals surface area contributed by atoms with E-state index in [0.717, 1.165) is 46.6 Å². The van der Waals surface area contributed by atoms with Crippen LogP contribution < -0.4 is 37.2 Å². The van der Waals surface area contributed by atoms with Gasteiger partial charge < -0.3 is 101 Å². The summed E-state index contributed by atoms with van der Waals surface area (Å²) in [4.78, 5) is 167. The van der Waals surface area contributed by atoms with Crippen LogP contribution >= 0.6 is 0 Å². The molecule has 0 spiro atoms. The Kier molecular flexibility index (Phi) is 36.2. The van der Waals surface area contributed by atoms with Gasteiger partial charge in [-0.3, -0.25) is 38.5 Å². The number of esters is 1. The number of methoxy groups -OCH3 is 1. The molecular weight excluding hydrogens is 1690 g/mol. The fraction of sp³-hybridized carbons (Fsp3) is 0.598. The summed E-state index contributed by atoms with van der Waals surface area (Å²) in [6, 6.07) is 1.60. The second-order valence-corrected chi connectivity index (χ2v) is 35.2. The zero-order chi connectivity index (χ0) is 93.3. The highest BCUT2D eigenvalue weighted by Gasteiger charge is 2.50. The van der Waals surface area contributed by atoms with Gasteiger partial charge in [-0.25, -0.2) is 49.2 Å². The predicted molar refractivity (Wildman–Crippen MR) is 483 cm³/mol. The molecule has 5 fully saturated rings. The molecule has 1 aliphatic carbocycles. The second-order valence-electron chi connectivity index (χ2n) is 35.2. The molecule has 4 saturated heterocycles. The monoisotopic (exact) mass is 1820 g/mol. The van der Waals surface area contributed by atoms with Gasteiger partial charge in [-0.1, -0.05) is 57.2 Å².